The Morgan fingerprint density at radius 2 is 1.97 bits per heavy atom. The number of amidine groups is 1. The molecule has 7 heteroatoms. The molecule has 2 saturated carbocycles. The molecule has 4 aliphatic rings. The van der Waals surface area contributed by atoms with Crippen LogP contribution in [0.3, 0.4) is 0 Å². The maximum atomic E-state index is 12.2. The SMILES string of the molecule is N[N+]12C=CN=CC1=C(C1CCC(CNC(=O)C3CCC3)CC1)N=C2c1cc2ccccc2[nH]1. The number of benzene rings is 1. The van der Waals surface area contributed by atoms with E-state index in [1.54, 1.807) is 6.20 Å². The second-order valence-electron chi connectivity index (χ2n) is 9.92. The number of para-hydroxylation sites is 1. The number of amides is 1. The average Bonchev–Trinajstić information content (AvgIpc) is 3.35. The molecule has 2 fully saturated rings. The van der Waals surface area contributed by atoms with Gasteiger partial charge in [-0.2, -0.15) is 10.8 Å². The van der Waals surface area contributed by atoms with Gasteiger partial charge in [-0.05, 0) is 56.6 Å². The van der Waals surface area contributed by atoms with Crippen molar-refractivity contribution < 1.29 is 9.39 Å². The van der Waals surface area contributed by atoms with Gasteiger partial charge in [-0.15, -0.1) is 4.59 Å². The number of fused-ring (bicyclic) bond motifs is 2. The molecule has 2 aromatic rings. The molecule has 0 spiro atoms. The molecule has 0 radical (unpaired) electrons. The van der Waals surface area contributed by atoms with E-state index in [0.29, 0.717) is 11.8 Å². The van der Waals surface area contributed by atoms with E-state index in [9.17, 15) is 4.79 Å². The van der Waals surface area contributed by atoms with Crippen LogP contribution in [0.25, 0.3) is 10.9 Å². The minimum Gasteiger partial charge on any atom is -0.356 e. The van der Waals surface area contributed by atoms with Crippen LogP contribution in [0.2, 0.25) is 0 Å². The van der Waals surface area contributed by atoms with Crippen LogP contribution in [0.1, 0.15) is 50.6 Å². The summed E-state index contributed by atoms with van der Waals surface area (Å²) >= 11 is 0. The Labute approximate surface area is 193 Å². The molecule has 1 aromatic carbocycles. The van der Waals surface area contributed by atoms with E-state index in [0.717, 1.165) is 78.9 Å². The van der Waals surface area contributed by atoms with Crippen LogP contribution in [-0.2, 0) is 4.79 Å². The van der Waals surface area contributed by atoms with Crippen LogP contribution in [0.15, 0.2) is 64.1 Å². The Morgan fingerprint density at radius 3 is 2.73 bits per heavy atom. The van der Waals surface area contributed by atoms with Crippen molar-refractivity contribution in [3.8, 4) is 0 Å². The zero-order valence-electron chi connectivity index (χ0n) is 18.8. The third-order valence-corrected chi connectivity index (χ3v) is 7.87. The van der Waals surface area contributed by atoms with Gasteiger partial charge in [0.05, 0.1) is 12.4 Å². The van der Waals surface area contributed by atoms with E-state index in [-0.39, 0.29) is 16.4 Å². The summed E-state index contributed by atoms with van der Waals surface area (Å²) in [6.07, 6.45) is 13.2. The largest absolute Gasteiger partial charge is 0.356 e. The first kappa shape index (κ1) is 20.6. The van der Waals surface area contributed by atoms with Gasteiger partial charge in [0.25, 0.3) is 5.84 Å². The fourth-order valence-corrected chi connectivity index (χ4v) is 5.58. The Kier molecular flexibility index (Phi) is 5.03. The van der Waals surface area contributed by atoms with Crippen molar-refractivity contribution in [3.63, 3.8) is 0 Å². The fourth-order valence-electron chi connectivity index (χ4n) is 5.58. The van der Waals surface area contributed by atoms with Crippen molar-refractivity contribution in [2.75, 3.05) is 6.54 Å². The quantitative estimate of drug-likeness (QED) is 0.479. The maximum absolute atomic E-state index is 12.2. The molecule has 3 heterocycles. The lowest BCUT2D eigenvalue weighted by Crippen LogP contribution is -2.53. The van der Waals surface area contributed by atoms with Crippen LogP contribution in [-0.4, -0.2) is 34.1 Å². The van der Waals surface area contributed by atoms with Gasteiger partial charge in [0.1, 0.15) is 17.6 Å². The zero-order chi connectivity index (χ0) is 22.4. The molecule has 7 nitrogen and oxygen atoms in total. The third-order valence-electron chi connectivity index (χ3n) is 7.87. The van der Waals surface area contributed by atoms with Gasteiger partial charge in [-0.3, -0.25) is 9.79 Å². The molecule has 0 saturated heterocycles. The minimum absolute atomic E-state index is 0.0586. The first-order valence-corrected chi connectivity index (χ1v) is 12.2. The molecule has 1 atom stereocenters. The predicted octanol–water partition coefficient (Wildman–Crippen LogP) is 4.11. The van der Waals surface area contributed by atoms with Gasteiger partial charge < -0.3 is 10.3 Å². The summed E-state index contributed by atoms with van der Waals surface area (Å²) in [6, 6.07) is 10.4. The predicted molar refractivity (Wildman–Crippen MR) is 130 cm³/mol. The molecule has 2 aliphatic heterocycles. The number of nitrogens with two attached hydrogens (primary N) is 1. The highest BCUT2D eigenvalue weighted by molar-refractivity contribution is 6.02. The highest BCUT2D eigenvalue weighted by atomic mass is 16.1. The minimum atomic E-state index is 0.0586. The number of carbonyl (C=O) groups excluding carboxylic acids is 1. The summed E-state index contributed by atoms with van der Waals surface area (Å²) in [5.74, 6) is 9.16. The molecule has 4 N–H and O–H groups in total. The number of nitrogens with zero attached hydrogens (tertiary/aromatic N) is 3. The average molecular weight is 444 g/mol. The van der Waals surface area contributed by atoms with Crippen LogP contribution in [0.4, 0.5) is 0 Å². The van der Waals surface area contributed by atoms with E-state index in [1.807, 2.05) is 24.5 Å². The Morgan fingerprint density at radius 1 is 1.15 bits per heavy atom. The molecule has 0 bridgehead atoms. The van der Waals surface area contributed by atoms with Crippen molar-refractivity contribution in [1.29, 1.82) is 0 Å². The van der Waals surface area contributed by atoms with E-state index in [4.69, 9.17) is 10.8 Å². The summed E-state index contributed by atoms with van der Waals surface area (Å²) in [7, 11) is 0. The lowest BCUT2D eigenvalue weighted by atomic mass is 9.79. The van der Waals surface area contributed by atoms with E-state index >= 15 is 0 Å². The fraction of sp³-hybridized carbons (Fsp3) is 0.423. The molecule has 2 aliphatic carbocycles. The van der Waals surface area contributed by atoms with Gasteiger partial charge >= 0.3 is 0 Å². The van der Waals surface area contributed by atoms with E-state index in [1.165, 1.54) is 6.42 Å². The number of rotatable bonds is 5. The summed E-state index contributed by atoms with van der Waals surface area (Å²) in [5, 5.41) is 4.34. The van der Waals surface area contributed by atoms with Crippen molar-refractivity contribution in [1.82, 2.24) is 10.3 Å². The highest BCUT2D eigenvalue weighted by Crippen LogP contribution is 2.41. The first-order chi connectivity index (χ1) is 16.1. The number of hydrogen-bond acceptors (Lipinski definition) is 4. The lowest BCUT2D eigenvalue weighted by Gasteiger charge is -2.30. The first-order valence-electron chi connectivity index (χ1n) is 12.2. The number of quaternary nitrogens is 1. The molecule has 1 amide bonds. The number of hydrogen-bond donors (Lipinski definition) is 3. The Bertz CT molecular complexity index is 1180. The van der Waals surface area contributed by atoms with Crippen molar-refractivity contribution in [2.24, 2.45) is 33.6 Å². The van der Waals surface area contributed by atoms with Crippen LogP contribution in [0.5, 0.6) is 0 Å². The van der Waals surface area contributed by atoms with Gasteiger partial charge in [-0.1, -0.05) is 24.6 Å². The second-order valence-corrected chi connectivity index (χ2v) is 9.92. The standard InChI is InChI=1S/C26H30N6O/c27-32-13-12-28-16-23(32)24(31-25(32)22-14-20-4-1-2-7-21(20)30-22)18-10-8-17(9-11-18)15-29-26(33)19-5-3-6-19/h1-2,4,7,12-14,16-19H,3,5-6,8-11,15,27H2,(H-,28,29,30,31,33)/p+1. The normalized spacial score (nSPS) is 29.2. The second kappa shape index (κ2) is 8.08. The topological polar surface area (TPSA) is 95.6 Å². The summed E-state index contributed by atoms with van der Waals surface area (Å²) in [5.41, 5.74) is 4.05. The van der Waals surface area contributed by atoms with Crippen LogP contribution >= 0.6 is 0 Å². The van der Waals surface area contributed by atoms with Crippen LogP contribution < -0.4 is 11.2 Å². The Balaban J connectivity index is 1.20. The number of aromatic nitrogens is 1. The summed E-state index contributed by atoms with van der Waals surface area (Å²) in [6.45, 7) is 0.804. The number of nitrogens with one attached hydrogen (secondary N) is 2. The van der Waals surface area contributed by atoms with E-state index < -0.39 is 0 Å². The van der Waals surface area contributed by atoms with Gasteiger partial charge in [0.15, 0.2) is 0 Å². The van der Waals surface area contributed by atoms with Crippen molar-refractivity contribution in [3.05, 3.63) is 59.8 Å². The van der Waals surface area contributed by atoms with Crippen LogP contribution in [0, 0.1) is 17.8 Å². The number of aromatic amines is 1. The molecular weight excluding hydrogens is 412 g/mol. The van der Waals surface area contributed by atoms with Crippen molar-refractivity contribution in [2.45, 2.75) is 44.9 Å². The molecule has 170 valence electrons. The number of aliphatic imine (C=N–C) groups is 2. The molecular formula is C26H31N6O+. The summed E-state index contributed by atoms with van der Waals surface area (Å²) in [4.78, 5) is 25.2. The smallest absolute Gasteiger partial charge is 0.281 e. The highest BCUT2D eigenvalue weighted by Gasteiger charge is 2.46. The lowest BCUT2D eigenvalue weighted by molar-refractivity contribution is -0.750. The number of carbonyl (C=O) groups is 1. The summed E-state index contributed by atoms with van der Waals surface area (Å²) < 4.78 is 0.0586. The van der Waals surface area contributed by atoms with Gasteiger partial charge in [0, 0.05) is 29.3 Å². The molecule has 1 aromatic heterocycles. The van der Waals surface area contributed by atoms with Gasteiger partial charge in [-0.25, -0.2) is 0 Å². The van der Waals surface area contributed by atoms with E-state index in [2.05, 4.69) is 33.5 Å². The zero-order valence-corrected chi connectivity index (χ0v) is 18.8. The Hall–Kier alpha value is -3.03. The molecule has 1 unspecified atom stereocenters. The number of allylic oxidation sites excluding steroid dienone is 2. The number of H-pyrrole nitrogens is 1. The maximum Gasteiger partial charge on any atom is 0.281 e. The third kappa shape index (κ3) is 3.56. The van der Waals surface area contributed by atoms with Gasteiger partial charge in [0.2, 0.25) is 11.6 Å². The van der Waals surface area contributed by atoms with Crippen molar-refractivity contribution >= 4 is 28.9 Å². The monoisotopic (exact) mass is 443 g/mol. The molecule has 33 heavy (non-hydrogen) atoms. The molecule has 6 rings (SSSR count).